The Morgan fingerprint density at radius 1 is 1.28 bits per heavy atom. The number of aromatic nitrogens is 2. The Kier molecular flexibility index (Phi) is 6.24. The number of rotatable bonds is 7. The lowest BCUT2D eigenvalue weighted by Crippen LogP contribution is -2.33. The van der Waals surface area contributed by atoms with Gasteiger partial charge in [-0.3, -0.25) is 4.79 Å². The number of carbonyl (C=O) groups excluding carboxylic acids is 1. The van der Waals surface area contributed by atoms with Gasteiger partial charge in [0.05, 0.1) is 23.6 Å². The topological polar surface area (TPSA) is 76.1 Å². The maximum Gasteiger partial charge on any atom is 0.253 e. The first-order valence-electron chi connectivity index (χ1n) is 5.94. The zero-order chi connectivity index (χ0) is 13.4. The van der Waals surface area contributed by atoms with Crippen LogP contribution in [0.25, 0.3) is 0 Å². The van der Waals surface area contributed by atoms with Crippen molar-refractivity contribution in [3.05, 3.63) is 23.0 Å². The summed E-state index contributed by atoms with van der Waals surface area (Å²) in [6.07, 6.45) is 0. The van der Waals surface area contributed by atoms with Crippen LogP contribution in [0.1, 0.15) is 21.7 Å². The van der Waals surface area contributed by atoms with Gasteiger partial charge in [0.1, 0.15) is 0 Å². The quantitative estimate of drug-likeness (QED) is 0.671. The first kappa shape index (κ1) is 14.5. The molecule has 0 unspecified atom stereocenters. The third-order valence-corrected chi connectivity index (χ3v) is 2.42. The van der Waals surface area contributed by atoms with Crippen LogP contribution in [0.15, 0.2) is 6.07 Å². The van der Waals surface area contributed by atoms with Gasteiger partial charge in [0.2, 0.25) is 0 Å². The largest absolute Gasteiger partial charge is 0.383 e. The number of hydrogen-bond donors (Lipinski definition) is 2. The van der Waals surface area contributed by atoms with E-state index in [1.807, 2.05) is 6.92 Å². The molecule has 1 aromatic heterocycles. The van der Waals surface area contributed by atoms with Crippen LogP contribution < -0.4 is 10.6 Å². The molecular formula is C12H20N4O2. The monoisotopic (exact) mass is 252 g/mol. The van der Waals surface area contributed by atoms with Gasteiger partial charge < -0.3 is 15.4 Å². The van der Waals surface area contributed by atoms with Gasteiger partial charge >= 0.3 is 0 Å². The molecule has 0 atom stereocenters. The standard InChI is InChI=1S/C12H20N4O2/c1-9-8-11(10(2)16-15-9)12(17)14-5-4-13-6-7-18-3/h8,13H,4-7H2,1-3H3,(H,14,17). The van der Waals surface area contributed by atoms with Crippen LogP contribution in [0.3, 0.4) is 0 Å². The molecule has 0 aliphatic carbocycles. The molecule has 6 heteroatoms. The highest BCUT2D eigenvalue weighted by Crippen LogP contribution is 2.04. The maximum absolute atomic E-state index is 11.9. The van der Waals surface area contributed by atoms with Crippen LogP contribution in [-0.2, 0) is 4.74 Å². The van der Waals surface area contributed by atoms with Crippen LogP contribution >= 0.6 is 0 Å². The molecule has 1 heterocycles. The third-order valence-electron chi connectivity index (χ3n) is 2.42. The fraction of sp³-hybridized carbons (Fsp3) is 0.583. The van der Waals surface area contributed by atoms with Gasteiger partial charge in [-0.1, -0.05) is 0 Å². The fourth-order valence-corrected chi connectivity index (χ4v) is 1.44. The molecule has 0 radical (unpaired) electrons. The molecule has 100 valence electrons. The highest BCUT2D eigenvalue weighted by Gasteiger charge is 2.09. The Bertz CT molecular complexity index is 396. The van der Waals surface area contributed by atoms with Gasteiger partial charge in [-0.05, 0) is 19.9 Å². The van der Waals surface area contributed by atoms with E-state index >= 15 is 0 Å². The van der Waals surface area contributed by atoms with E-state index in [1.165, 1.54) is 0 Å². The number of nitrogens with zero attached hydrogens (tertiary/aromatic N) is 2. The lowest BCUT2D eigenvalue weighted by molar-refractivity contribution is 0.0952. The lowest BCUT2D eigenvalue weighted by atomic mass is 10.2. The second kappa shape index (κ2) is 7.73. The van der Waals surface area contributed by atoms with Gasteiger partial charge in [0, 0.05) is 26.7 Å². The van der Waals surface area contributed by atoms with E-state index in [0.717, 1.165) is 12.2 Å². The summed E-state index contributed by atoms with van der Waals surface area (Å²) >= 11 is 0. The van der Waals surface area contributed by atoms with Crippen molar-refractivity contribution in [2.24, 2.45) is 0 Å². The molecule has 6 nitrogen and oxygen atoms in total. The van der Waals surface area contributed by atoms with Crippen LogP contribution in [0.5, 0.6) is 0 Å². The molecule has 18 heavy (non-hydrogen) atoms. The van der Waals surface area contributed by atoms with Crippen molar-refractivity contribution < 1.29 is 9.53 Å². The molecule has 1 rings (SSSR count). The first-order chi connectivity index (χ1) is 8.65. The van der Waals surface area contributed by atoms with Gasteiger partial charge in [-0.15, -0.1) is 0 Å². The Morgan fingerprint density at radius 3 is 2.78 bits per heavy atom. The fourth-order valence-electron chi connectivity index (χ4n) is 1.44. The number of carbonyl (C=O) groups is 1. The van der Waals surface area contributed by atoms with E-state index in [-0.39, 0.29) is 5.91 Å². The normalized spacial score (nSPS) is 10.4. The highest BCUT2D eigenvalue weighted by molar-refractivity contribution is 5.95. The molecule has 0 aliphatic rings. The molecule has 0 fully saturated rings. The molecule has 1 aromatic rings. The van der Waals surface area contributed by atoms with Gasteiger partial charge in [-0.25, -0.2) is 0 Å². The molecule has 0 bridgehead atoms. The Balaban J connectivity index is 2.34. The average Bonchev–Trinajstić information content (AvgIpc) is 2.36. The van der Waals surface area contributed by atoms with Crippen molar-refractivity contribution in [3.63, 3.8) is 0 Å². The van der Waals surface area contributed by atoms with Crippen LogP contribution in [0.2, 0.25) is 0 Å². The molecule has 0 spiro atoms. The summed E-state index contributed by atoms with van der Waals surface area (Å²) in [6, 6.07) is 1.75. The zero-order valence-corrected chi connectivity index (χ0v) is 11.1. The van der Waals surface area contributed by atoms with Gasteiger partial charge in [0.15, 0.2) is 0 Å². The second-order valence-electron chi connectivity index (χ2n) is 3.98. The Labute approximate surface area is 107 Å². The third kappa shape index (κ3) is 4.77. The summed E-state index contributed by atoms with van der Waals surface area (Å²) in [5.41, 5.74) is 1.97. The predicted molar refractivity (Wildman–Crippen MR) is 68.6 cm³/mol. The number of nitrogens with one attached hydrogen (secondary N) is 2. The molecular weight excluding hydrogens is 232 g/mol. The maximum atomic E-state index is 11.9. The molecule has 0 saturated carbocycles. The smallest absolute Gasteiger partial charge is 0.253 e. The van der Waals surface area contributed by atoms with Crippen LogP contribution in [0, 0.1) is 13.8 Å². The van der Waals surface area contributed by atoms with Crippen molar-refractivity contribution in [1.29, 1.82) is 0 Å². The van der Waals surface area contributed by atoms with Crippen molar-refractivity contribution in [1.82, 2.24) is 20.8 Å². The minimum absolute atomic E-state index is 0.112. The van der Waals surface area contributed by atoms with E-state index in [4.69, 9.17) is 4.74 Å². The van der Waals surface area contributed by atoms with Crippen molar-refractivity contribution >= 4 is 5.91 Å². The number of hydrogen-bond acceptors (Lipinski definition) is 5. The van der Waals surface area contributed by atoms with Gasteiger partial charge in [-0.2, -0.15) is 10.2 Å². The van der Waals surface area contributed by atoms with E-state index in [9.17, 15) is 4.79 Å². The minimum Gasteiger partial charge on any atom is -0.383 e. The van der Waals surface area contributed by atoms with E-state index in [1.54, 1.807) is 20.1 Å². The Morgan fingerprint density at radius 2 is 2.06 bits per heavy atom. The summed E-state index contributed by atoms with van der Waals surface area (Å²) in [5.74, 6) is -0.112. The number of amides is 1. The van der Waals surface area contributed by atoms with Crippen LogP contribution in [0.4, 0.5) is 0 Å². The minimum atomic E-state index is -0.112. The summed E-state index contributed by atoms with van der Waals surface area (Å²) in [5, 5.41) is 13.8. The first-order valence-corrected chi connectivity index (χ1v) is 5.94. The van der Waals surface area contributed by atoms with Crippen molar-refractivity contribution in [3.8, 4) is 0 Å². The SMILES string of the molecule is COCCNCCNC(=O)c1cc(C)nnc1C. The number of methoxy groups -OCH3 is 1. The number of ether oxygens (including phenoxy) is 1. The highest BCUT2D eigenvalue weighted by atomic mass is 16.5. The number of aryl methyl sites for hydroxylation is 2. The lowest BCUT2D eigenvalue weighted by Gasteiger charge is -2.08. The van der Waals surface area contributed by atoms with Crippen molar-refractivity contribution in [2.45, 2.75) is 13.8 Å². The summed E-state index contributed by atoms with van der Waals surface area (Å²) < 4.78 is 4.90. The Hall–Kier alpha value is -1.53. The van der Waals surface area contributed by atoms with E-state index in [2.05, 4.69) is 20.8 Å². The van der Waals surface area contributed by atoms with Crippen molar-refractivity contribution in [2.75, 3.05) is 33.4 Å². The zero-order valence-electron chi connectivity index (χ0n) is 11.1. The van der Waals surface area contributed by atoms with Crippen LogP contribution in [-0.4, -0.2) is 49.5 Å². The molecule has 0 aliphatic heterocycles. The molecule has 0 saturated heterocycles. The second-order valence-corrected chi connectivity index (χ2v) is 3.98. The van der Waals surface area contributed by atoms with E-state index < -0.39 is 0 Å². The average molecular weight is 252 g/mol. The summed E-state index contributed by atoms with van der Waals surface area (Å²) in [6.45, 7) is 6.32. The molecule has 1 amide bonds. The molecule has 2 N–H and O–H groups in total. The molecule has 0 aromatic carbocycles. The predicted octanol–water partition coefficient (Wildman–Crippen LogP) is 0.0592. The summed E-state index contributed by atoms with van der Waals surface area (Å²) in [7, 11) is 1.66. The van der Waals surface area contributed by atoms with Gasteiger partial charge in [0.25, 0.3) is 5.91 Å². The van der Waals surface area contributed by atoms with E-state index in [0.29, 0.717) is 31.0 Å². The summed E-state index contributed by atoms with van der Waals surface area (Å²) in [4.78, 5) is 11.9.